The van der Waals surface area contributed by atoms with Crippen LogP contribution in [0.4, 0.5) is 4.79 Å². The van der Waals surface area contributed by atoms with Gasteiger partial charge in [0.2, 0.25) is 0 Å². The predicted octanol–water partition coefficient (Wildman–Crippen LogP) is 3.86. The zero-order chi connectivity index (χ0) is 23.8. The molecular weight excluding hydrogens is 390 g/mol. The van der Waals surface area contributed by atoms with E-state index in [0.717, 1.165) is 0 Å². The minimum Gasteiger partial charge on any atom is -0.463 e. The molecule has 0 saturated carbocycles. The highest BCUT2D eigenvalue weighted by molar-refractivity contribution is 5.80. The van der Waals surface area contributed by atoms with Crippen LogP contribution in [0.2, 0.25) is 0 Å². The normalized spacial score (nSPS) is 12.9. The first-order valence-corrected chi connectivity index (χ1v) is 10.3. The largest absolute Gasteiger partial charge is 0.463 e. The molecule has 8 nitrogen and oxygen atoms in total. The van der Waals surface area contributed by atoms with E-state index in [9.17, 15) is 14.4 Å². The highest BCUT2D eigenvalue weighted by atomic mass is 16.6. The fourth-order valence-electron chi connectivity index (χ4n) is 2.70. The summed E-state index contributed by atoms with van der Waals surface area (Å²) in [6.07, 6.45) is -0.221. The van der Waals surface area contributed by atoms with E-state index in [0.29, 0.717) is 6.54 Å². The molecule has 176 valence electrons. The van der Waals surface area contributed by atoms with Gasteiger partial charge < -0.3 is 24.3 Å². The van der Waals surface area contributed by atoms with Crippen LogP contribution in [0.5, 0.6) is 0 Å². The summed E-state index contributed by atoms with van der Waals surface area (Å²) in [5.41, 5.74) is -2.84. The Kier molecular flexibility index (Phi) is 10.3. The van der Waals surface area contributed by atoms with Crippen molar-refractivity contribution in [1.82, 2.24) is 5.32 Å². The predicted molar refractivity (Wildman–Crippen MR) is 114 cm³/mol. The molecule has 0 fully saturated rings. The highest BCUT2D eigenvalue weighted by Crippen LogP contribution is 2.36. The van der Waals surface area contributed by atoms with Crippen LogP contribution in [0.15, 0.2) is 0 Å². The Morgan fingerprint density at radius 3 is 1.67 bits per heavy atom. The van der Waals surface area contributed by atoms with Gasteiger partial charge in [0, 0.05) is 6.54 Å². The molecule has 0 unspecified atom stereocenters. The van der Waals surface area contributed by atoms with Gasteiger partial charge in [0.15, 0.2) is 0 Å². The van der Waals surface area contributed by atoms with Gasteiger partial charge in [0.05, 0.1) is 24.0 Å². The lowest BCUT2D eigenvalue weighted by molar-refractivity contribution is -0.170. The SMILES string of the molecule is CC(C)(C)OC(=O)NCCOCCOC(=O)C(C)(C)CC(C)(C)C(=O)OC(C)(C)C. The third-order valence-corrected chi connectivity index (χ3v) is 3.76. The average molecular weight is 432 g/mol. The number of hydrogen-bond donors (Lipinski definition) is 1. The first-order chi connectivity index (χ1) is 13.4. The molecule has 1 N–H and O–H groups in total. The first-order valence-electron chi connectivity index (χ1n) is 10.3. The van der Waals surface area contributed by atoms with Crippen molar-refractivity contribution in [3.05, 3.63) is 0 Å². The van der Waals surface area contributed by atoms with Gasteiger partial charge in [-0.1, -0.05) is 0 Å². The Balaban J connectivity index is 4.26. The zero-order valence-corrected chi connectivity index (χ0v) is 20.4. The average Bonchev–Trinajstić information content (AvgIpc) is 2.49. The number of carbonyl (C=O) groups is 3. The summed E-state index contributed by atoms with van der Waals surface area (Å²) in [5, 5.41) is 2.58. The molecule has 1 amide bonds. The fraction of sp³-hybridized carbons (Fsp3) is 0.864. The Labute approximate surface area is 181 Å². The lowest BCUT2D eigenvalue weighted by atomic mass is 9.75. The van der Waals surface area contributed by atoms with Crippen molar-refractivity contribution in [1.29, 1.82) is 0 Å². The Morgan fingerprint density at radius 2 is 1.17 bits per heavy atom. The number of hydrogen-bond acceptors (Lipinski definition) is 7. The maximum absolute atomic E-state index is 12.5. The summed E-state index contributed by atoms with van der Waals surface area (Å²) in [5.74, 6) is -0.758. The molecule has 0 aliphatic rings. The molecule has 0 bridgehead atoms. The van der Waals surface area contributed by atoms with Crippen molar-refractivity contribution >= 4 is 18.0 Å². The number of carbonyl (C=O) groups excluding carboxylic acids is 3. The summed E-state index contributed by atoms with van der Waals surface area (Å²) in [7, 11) is 0. The monoisotopic (exact) mass is 431 g/mol. The Morgan fingerprint density at radius 1 is 0.667 bits per heavy atom. The smallest absolute Gasteiger partial charge is 0.407 e. The number of alkyl carbamates (subject to hydrolysis) is 1. The van der Waals surface area contributed by atoms with E-state index in [1.807, 2.05) is 20.8 Å². The van der Waals surface area contributed by atoms with Crippen LogP contribution in [-0.4, -0.2) is 55.6 Å². The standard InChI is InChI=1S/C22H41NO7/c1-19(2,3)29-17(25)22(9,10)15-21(7,8)16(24)28-14-13-27-12-11-23-18(26)30-20(4,5)6/h11-15H2,1-10H3,(H,23,26). The second kappa shape index (κ2) is 11.0. The van der Waals surface area contributed by atoms with Crippen LogP contribution < -0.4 is 5.32 Å². The molecule has 0 atom stereocenters. The van der Waals surface area contributed by atoms with Crippen molar-refractivity contribution in [3.8, 4) is 0 Å². The van der Waals surface area contributed by atoms with Crippen molar-refractivity contribution in [2.24, 2.45) is 10.8 Å². The van der Waals surface area contributed by atoms with E-state index in [-0.39, 0.29) is 32.2 Å². The van der Waals surface area contributed by atoms with Crippen molar-refractivity contribution < 1.29 is 33.3 Å². The van der Waals surface area contributed by atoms with Crippen LogP contribution in [-0.2, 0) is 28.5 Å². The molecule has 0 spiro atoms. The molecular formula is C22H41NO7. The van der Waals surface area contributed by atoms with Gasteiger partial charge in [-0.05, 0) is 75.7 Å². The van der Waals surface area contributed by atoms with Crippen LogP contribution in [0.3, 0.4) is 0 Å². The second-order valence-corrected chi connectivity index (χ2v) is 10.6. The Bertz CT molecular complexity index is 583. The lowest BCUT2D eigenvalue weighted by Crippen LogP contribution is -2.40. The van der Waals surface area contributed by atoms with Gasteiger partial charge in [-0.25, -0.2) is 4.79 Å². The lowest BCUT2D eigenvalue weighted by Gasteiger charge is -2.33. The van der Waals surface area contributed by atoms with Crippen molar-refractivity contribution in [2.75, 3.05) is 26.4 Å². The van der Waals surface area contributed by atoms with E-state index < -0.39 is 34.1 Å². The molecule has 0 radical (unpaired) electrons. The van der Waals surface area contributed by atoms with Gasteiger partial charge in [-0.2, -0.15) is 0 Å². The highest BCUT2D eigenvalue weighted by Gasteiger charge is 2.41. The van der Waals surface area contributed by atoms with Crippen LogP contribution in [0, 0.1) is 10.8 Å². The quantitative estimate of drug-likeness (QED) is 0.318. The van der Waals surface area contributed by atoms with Gasteiger partial charge in [-0.15, -0.1) is 0 Å². The maximum atomic E-state index is 12.5. The van der Waals surface area contributed by atoms with Crippen LogP contribution in [0.25, 0.3) is 0 Å². The fourth-order valence-corrected chi connectivity index (χ4v) is 2.70. The Hall–Kier alpha value is -1.83. The second-order valence-electron chi connectivity index (χ2n) is 10.6. The minimum atomic E-state index is -0.862. The number of esters is 2. The molecule has 0 saturated heterocycles. The van der Waals surface area contributed by atoms with E-state index in [2.05, 4.69) is 5.32 Å². The summed E-state index contributed by atoms with van der Waals surface area (Å²) in [6.45, 7) is 18.6. The summed E-state index contributed by atoms with van der Waals surface area (Å²) >= 11 is 0. The van der Waals surface area contributed by atoms with Gasteiger partial charge in [0.1, 0.15) is 17.8 Å². The number of amides is 1. The number of rotatable bonds is 10. The molecule has 0 heterocycles. The summed E-state index contributed by atoms with van der Waals surface area (Å²) < 4.78 is 21.2. The molecule has 0 rings (SSSR count). The van der Waals surface area contributed by atoms with E-state index >= 15 is 0 Å². The zero-order valence-electron chi connectivity index (χ0n) is 20.4. The summed E-state index contributed by atoms with van der Waals surface area (Å²) in [6, 6.07) is 0. The third kappa shape index (κ3) is 12.7. The molecule has 0 aromatic rings. The summed E-state index contributed by atoms with van der Waals surface area (Å²) in [4.78, 5) is 36.4. The topological polar surface area (TPSA) is 100 Å². The molecule has 30 heavy (non-hydrogen) atoms. The number of ether oxygens (including phenoxy) is 4. The van der Waals surface area contributed by atoms with Crippen LogP contribution >= 0.6 is 0 Å². The number of nitrogens with one attached hydrogen (secondary N) is 1. The van der Waals surface area contributed by atoms with Crippen LogP contribution in [0.1, 0.15) is 75.7 Å². The molecule has 0 aromatic heterocycles. The molecule has 0 aromatic carbocycles. The molecule has 8 heteroatoms. The van der Waals surface area contributed by atoms with E-state index in [4.69, 9.17) is 18.9 Å². The molecule has 0 aliphatic heterocycles. The van der Waals surface area contributed by atoms with Crippen molar-refractivity contribution in [3.63, 3.8) is 0 Å². The van der Waals surface area contributed by atoms with Gasteiger partial charge >= 0.3 is 18.0 Å². The van der Waals surface area contributed by atoms with E-state index in [1.165, 1.54) is 0 Å². The van der Waals surface area contributed by atoms with Gasteiger partial charge in [0.25, 0.3) is 0 Å². The van der Waals surface area contributed by atoms with Gasteiger partial charge in [-0.3, -0.25) is 9.59 Å². The van der Waals surface area contributed by atoms with Crippen molar-refractivity contribution in [2.45, 2.75) is 86.9 Å². The van der Waals surface area contributed by atoms with E-state index in [1.54, 1.807) is 48.5 Å². The minimum absolute atomic E-state index is 0.0849. The maximum Gasteiger partial charge on any atom is 0.407 e. The molecule has 0 aliphatic carbocycles. The first kappa shape index (κ1) is 28.2. The third-order valence-electron chi connectivity index (χ3n) is 3.76.